The van der Waals surface area contributed by atoms with Crippen LogP contribution >= 0.6 is 0 Å². The van der Waals surface area contributed by atoms with Crippen LogP contribution in [-0.4, -0.2) is 11.3 Å². The molecule has 0 atom stereocenters. The van der Waals surface area contributed by atoms with Gasteiger partial charge in [-0.2, -0.15) is 0 Å². The predicted molar refractivity (Wildman–Crippen MR) is 55.0 cm³/mol. The molecule has 0 bridgehead atoms. The smallest absolute Gasteiger partial charge is 0.150 e. The summed E-state index contributed by atoms with van der Waals surface area (Å²) < 4.78 is 13.5. The molecule has 0 spiro atoms. The Morgan fingerprint density at radius 2 is 2.07 bits per heavy atom. The van der Waals surface area contributed by atoms with E-state index in [9.17, 15) is 9.18 Å². The topological polar surface area (TPSA) is 30.0 Å². The lowest BCUT2D eigenvalue weighted by molar-refractivity contribution is 0.112. The second kappa shape index (κ2) is 4.00. The molecule has 0 N–H and O–H groups in total. The van der Waals surface area contributed by atoms with Crippen LogP contribution in [0.3, 0.4) is 0 Å². The lowest BCUT2D eigenvalue weighted by Crippen LogP contribution is -1.89. The van der Waals surface area contributed by atoms with Crippen LogP contribution in [0, 0.1) is 5.82 Å². The van der Waals surface area contributed by atoms with E-state index in [-0.39, 0.29) is 0 Å². The van der Waals surface area contributed by atoms with Crippen LogP contribution in [0.25, 0.3) is 11.3 Å². The highest BCUT2D eigenvalue weighted by Gasteiger charge is 2.05. The molecule has 15 heavy (non-hydrogen) atoms. The van der Waals surface area contributed by atoms with Crippen molar-refractivity contribution in [2.45, 2.75) is 0 Å². The lowest BCUT2D eigenvalue weighted by Gasteiger charge is -2.02. The Hall–Kier alpha value is -2.03. The van der Waals surface area contributed by atoms with E-state index < -0.39 is 5.82 Å². The third-order valence-corrected chi connectivity index (χ3v) is 2.07. The zero-order chi connectivity index (χ0) is 10.7. The zero-order valence-electron chi connectivity index (χ0n) is 7.85. The number of hydrogen-bond donors (Lipinski definition) is 0. The van der Waals surface area contributed by atoms with E-state index in [1.807, 2.05) is 0 Å². The van der Waals surface area contributed by atoms with E-state index in [1.54, 1.807) is 36.5 Å². The summed E-state index contributed by atoms with van der Waals surface area (Å²) in [5.41, 5.74) is 1.29. The van der Waals surface area contributed by atoms with Gasteiger partial charge < -0.3 is 0 Å². The molecule has 0 aliphatic rings. The van der Waals surface area contributed by atoms with E-state index in [1.165, 1.54) is 6.07 Å². The molecule has 0 radical (unpaired) electrons. The van der Waals surface area contributed by atoms with Crippen LogP contribution < -0.4 is 0 Å². The first-order valence-electron chi connectivity index (χ1n) is 4.47. The maximum Gasteiger partial charge on any atom is 0.150 e. The molecule has 1 aromatic heterocycles. The molecule has 3 heteroatoms. The molecule has 0 aliphatic heterocycles. The Morgan fingerprint density at radius 3 is 2.67 bits per heavy atom. The molecule has 0 saturated carbocycles. The van der Waals surface area contributed by atoms with E-state index >= 15 is 0 Å². The van der Waals surface area contributed by atoms with Gasteiger partial charge in [-0.15, -0.1) is 0 Å². The van der Waals surface area contributed by atoms with Crippen molar-refractivity contribution in [3.63, 3.8) is 0 Å². The molecular formula is C12H8FNO. The number of benzene rings is 1. The quantitative estimate of drug-likeness (QED) is 0.699. The van der Waals surface area contributed by atoms with E-state index in [0.29, 0.717) is 23.1 Å². The SMILES string of the molecule is O=Cc1ccc(-c2ccccn2)c(F)c1. The van der Waals surface area contributed by atoms with Gasteiger partial charge in [0.15, 0.2) is 0 Å². The van der Waals surface area contributed by atoms with E-state index in [4.69, 9.17) is 0 Å². The third kappa shape index (κ3) is 1.91. The number of hydrogen-bond acceptors (Lipinski definition) is 2. The fourth-order valence-corrected chi connectivity index (χ4v) is 1.33. The van der Waals surface area contributed by atoms with Crippen LogP contribution in [0.5, 0.6) is 0 Å². The first-order valence-corrected chi connectivity index (χ1v) is 4.47. The number of aromatic nitrogens is 1. The largest absolute Gasteiger partial charge is 0.298 e. The molecular weight excluding hydrogens is 193 g/mol. The maximum absolute atomic E-state index is 13.5. The van der Waals surface area contributed by atoms with Crippen molar-refractivity contribution in [2.24, 2.45) is 0 Å². The molecule has 74 valence electrons. The molecule has 2 aromatic rings. The number of halogens is 1. The summed E-state index contributed by atoms with van der Waals surface area (Å²) in [6.45, 7) is 0. The second-order valence-electron chi connectivity index (χ2n) is 3.07. The average Bonchev–Trinajstić information content (AvgIpc) is 2.30. The van der Waals surface area contributed by atoms with Gasteiger partial charge in [-0.05, 0) is 24.3 Å². The van der Waals surface area contributed by atoms with Crippen LogP contribution in [0.4, 0.5) is 4.39 Å². The van der Waals surface area contributed by atoms with Gasteiger partial charge >= 0.3 is 0 Å². The molecule has 0 amide bonds. The van der Waals surface area contributed by atoms with Crippen molar-refractivity contribution in [1.82, 2.24) is 4.98 Å². The van der Waals surface area contributed by atoms with Gasteiger partial charge in [0.25, 0.3) is 0 Å². The third-order valence-electron chi connectivity index (χ3n) is 2.07. The summed E-state index contributed by atoms with van der Waals surface area (Å²) in [5.74, 6) is -0.432. The summed E-state index contributed by atoms with van der Waals surface area (Å²) in [5, 5.41) is 0. The molecule has 0 saturated heterocycles. The highest BCUT2D eigenvalue weighted by molar-refractivity contribution is 5.76. The number of carbonyl (C=O) groups is 1. The van der Waals surface area contributed by atoms with Gasteiger partial charge in [-0.25, -0.2) is 4.39 Å². The molecule has 1 aromatic carbocycles. The maximum atomic E-state index is 13.5. The summed E-state index contributed by atoms with van der Waals surface area (Å²) in [6.07, 6.45) is 2.22. The van der Waals surface area contributed by atoms with Gasteiger partial charge in [0, 0.05) is 17.3 Å². The molecule has 2 nitrogen and oxygen atoms in total. The van der Waals surface area contributed by atoms with Crippen molar-refractivity contribution >= 4 is 6.29 Å². The van der Waals surface area contributed by atoms with Crippen LogP contribution in [-0.2, 0) is 0 Å². The zero-order valence-corrected chi connectivity index (χ0v) is 7.85. The van der Waals surface area contributed by atoms with Crippen molar-refractivity contribution in [3.8, 4) is 11.3 Å². The van der Waals surface area contributed by atoms with Crippen molar-refractivity contribution < 1.29 is 9.18 Å². The Bertz CT molecular complexity index is 482. The monoisotopic (exact) mass is 201 g/mol. The van der Waals surface area contributed by atoms with Crippen molar-refractivity contribution in [2.75, 3.05) is 0 Å². The van der Waals surface area contributed by atoms with Gasteiger partial charge in [-0.1, -0.05) is 12.1 Å². The molecule has 0 unspecified atom stereocenters. The fourth-order valence-electron chi connectivity index (χ4n) is 1.33. The van der Waals surface area contributed by atoms with E-state index in [2.05, 4.69) is 4.98 Å². The second-order valence-corrected chi connectivity index (χ2v) is 3.07. The first kappa shape index (κ1) is 9.52. The van der Waals surface area contributed by atoms with Gasteiger partial charge in [-0.3, -0.25) is 9.78 Å². The summed E-state index contributed by atoms with van der Waals surface area (Å²) in [4.78, 5) is 14.5. The highest BCUT2D eigenvalue weighted by atomic mass is 19.1. The van der Waals surface area contributed by atoms with Crippen LogP contribution in [0.2, 0.25) is 0 Å². The predicted octanol–water partition coefficient (Wildman–Crippen LogP) is 2.70. The number of aldehydes is 1. The van der Waals surface area contributed by atoms with Gasteiger partial charge in [0.05, 0.1) is 5.69 Å². The molecule has 0 aliphatic carbocycles. The Morgan fingerprint density at radius 1 is 1.20 bits per heavy atom. The molecule has 2 rings (SSSR count). The van der Waals surface area contributed by atoms with Gasteiger partial charge in [0.1, 0.15) is 12.1 Å². The van der Waals surface area contributed by atoms with Crippen molar-refractivity contribution in [3.05, 3.63) is 54.0 Å². The normalized spacial score (nSPS) is 9.93. The minimum Gasteiger partial charge on any atom is -0.298 e. The number of pyridine rings is 1. The molecule has 0 fully saturated rings. The Balaban J connectivity index is 2.51. The van der Waals surface area contributed by atoms with E-state index in [0.717, 1.165) is 0 Å². The fraction of sp³-hybridized carbons (Fsp3) is 0. The summed E-state index contributed by atoms with van der Waals surface area (Å²) >= 11 is 0. The standard InChI is InChI=1S/C12H8FNO/c13-11-7-9(8-15)4-5-10(11)12-3-1-2-6-14-12/h1-8H. The average molecular weight is 201 g/mol. The van der Waals surface area contributed by atoms with Crippen LogP contribution in [0.1, 0.15) is 10.4 Å². The van der Waals surface area contributed by atoms with Crippen LogP contribution in [0.15, 0.2) is 42.6 Å². The van der Waals surface area contributed by atoms with Gasteiger partial charge in [0.2, 0.25) is 0 Å². The number of rotatable bonds is 2. The minimum absolute atomic E-state index is 0.326. The number of nitrogens with zero attached hydrogens (tertiary/aromatic N) is 1. The first-order chi connectivity index (χ1) is 7.31. The Kier molecular flexibility index (Phi) is 2.54. The summed E-state index contributed by atoms with van der Waals surface area (Å²) in [6, 6.07) is 9.61. The Labute approximate surface area is 86.4 Å². The molecule has 1 heterocycles. The van der Waals surface area contributed by atoms with Crippen molar-refractivity contribution in [1.29, 1.82) is 0 Å². The highest BCUT2D eigenvalue weighted by Crippen LogP contribution is 2.20. The number of carbonyl (C=O) groups excluding carboxylic acids is 1. The summed E-state index contributed by atoms with van der Waals surface area (Å²) in [7, 11) is 0. The lowest BCUT2D eigenvalue weighted by atomic mass is 10.1. The minimum atomic E-state index is -0.432.